The number of nitrogens with zero attached hydrogens (tertiary/aromatic N) is 3. The average Bonchev–Trinajstić information content (AvgIpc) is 2.68. The number of rotatable bonds is 7. The van der Waals surface area contributed by atoms with Gasteiger partial charge in [0, 0.05) is 24.0 Å². The number of allylic oxidation sites excluding steroid dienone is 1. The van der Waals surface area contributed by atoms with Gasteiger partial charge in [0.2, 0.25) is 0 Å². The summed E-state index contributed by atoms with van der Waals surface area (Å²) in [5.41, 5.74) is 1.55. The molecule has 0 fully saturated rings. The number of nitro groups is 2. The lowest BCUT2D eigenvalue weighted by molar-refractivity contribution is -0.394. The number of para-hydroxylation sites is 1. The summed E-state index contributed by atoms with van der Waals surface area (Å²) in [4.78, 5) is 22.8. The molecule has 1 N–H and O–H groups in total. The van der Waals surface area contributed by atoms with Crippen molar-refractivity contribution in [3.8, 4) is 0 Å². The van der Waals surface area contributed by atoms with Crippen molar-refractivity contribution in [3.05, 3.63) is 85.6 Å². The highest BCUT2D eigenvalue weighted by molar-refractivity contribution is 7.85. The molecule has 0 bridgehead atoms. The van der Waals surface area contributed by atoms with Crippen LogP contribution in [0.1, 0.15) is 17.5 Å². The van der Waals surface area contributed by atoms with Gasteiger partial charge >= 0.3 is 0 Å². The Bertz CT molecular complexity index is 1170. The lowest BCUT2D eigenvalue weighted by Gasteiger charge is -2.30. The maximum atomic E-state index is 11.4. The fourth-order valence-electron chi connectivity index (χ4n) is 3.14. The molecule has 0 atom stereocenters. The molecular formula is C19H17N3O7S. The number of fused-ring (bicyclic) bond motifs is 1. The molecule has 0 saturated carbocycles. The first-order valence-electron chi connectivity index (χ1n) is 8.80. The summed E-state index contributed by atoms with van der Waals surface area (Å²) in [7, 11) is -4.13. The normalized spacial score (nSPS) is 14.6. The van der Waals surface area contributed by atoms with Crippen molar-refractivity contribution < 1.29 is 22.8 Å². The Morgan fingerprint density at radius 1 is 1.03 bits per heavy atom. The fourth-order valence-corrected chi connectivity index (χ4v) is 3.64. The lowest BCUT2D eigenvalue weighted by Crippen LogP contribution is -2.26. The third kappa shape index (κ3) is 4.88. The van der Waals surface area contributed by atoms with Gasteiger partial charge in [-0.1, -0.05) is 24.3 Å². The second-order valence-electron chi connectivity index (χ2n) is 6.51. The molecule has 2 aromatic rings. The van der Waals surface area contributed by atoms with Crippen molar-refractivity contribution in [2.75, 3.05) is 17.2 Å². The summed E-state index contributed by atoms with van der Waals surface area (Å²) in [6.07, 6.45) is 5.18. The van der Waals surface area contributed by atoms with Gasteiger partial charge in [-0.25, -0.2) is 0 Å². The molecule has 0 aromatic heterocycles. The van der Waals surface area contributed by atoms with E-state index in [0.717, 1.165) is 17.3 Å². The first-order valence-corrected chi connectivity index (χ1v) is 10.4. The van der Waals surface area contributed by atoms with Crippen LogP contribution in [-0.4, -0.2) is 35.1 Å². The van der Waals surface area contributed by atoms with Gasteiger partial charge in [0.15, 0.2) is 0 Å². The van der Waals surface area contributed by atoms with Crippen LogP contribution in [-0.2, 0) is 10.1 Å². The second-order valence-corrected chi connectivity index (χ2v) is 8.08. The van der Waals surface area contributed by atoms with E-state index in [-0.39, 0.29) is 18.5 Å². The largest absolute Gasteiger partial charge is 0.341 e. The van der Waals surface area contributed by atoms with Gasteiger partial charge < -0.3 is 4.90 Å². The molecule has 0 unspecified atom stereocenters. The minimum Gasteiger partial charge on any atom is -0.341 e. The van der Waals surface area contributed by atoms with Crippen LogP contribution in [0.5, 0.6) is 0 Å². The monoisotopic (exact) mass is 431 g/mol. The van der Waals surface area contributed by atoms with Crippen molar-refractivity contribution in [2.24, 2.45) is 0 Å². The van der Waals surface area contributed by atoms with Gasteiger partial charge in [0.05, 0.1) is 27.2 Å². The van der Waals surface area contributed by atoms with E-state index in [2.05, 4.69) is 0 Å². The second kappa shape index (κ2) is 8.43. The Morgan fingerprint density at radius 2 is 1.77 bits per heavy atom. The predicted molar refractivity (Wildman–Crippen MR) is 112 cm³/mol. The van der Waals surface area contributed by atoms with E-state index in [0.29, 0.717) is 5.70 Å². The van der Waals surface area contributed by atoms with E-state index in [1.165, 1.54) is 18.2 Å². The molecule has 10 nitrogen and oxygen atoms in total. The maximum absolute atomic E-state index is 11.4. The molecule has 0 aliphatic carbocycles. The van der Waals surface area contributed by atoms with Gasteiger partial charge in [0.1, 0.15) is 0 Å². The van der Waals surface area contributed by atoms with Crippen LogP contribution in [0, 0.1) is 20.2 Å². The molecule has 30 heavy (non-hydrogen) atoms. The smallest absolute Gasteiger partial charge is 0.283 e. The Hall–Kier alpha value is -3.57. The zero-order valence-corrected chi connectivity index (χ0v) is 16.4. The molecule has 11 heteroatoms. The molecule has 1 heterocycles. The van der Waals surface area contributed by atoms with Gasteiger partial charge in [-0.2, -0.15) is 8.42 Å². The Morgan fingerprint density at radius 3 is 2.43 bits per heavy atom. The average molecular weight is 431 g/mol. The van der Waals surface area contributed by atoms with E-state index < -0.39 is 37.1 Å². The summed E-state index contributed by atoms with van der Waals surface area (Å²) in [6, 6.07) is 10.7. The van der Waals surface area contributed by atoms with Crippen LogP contribution in [0.2, 0.25) is 0 Å². The molecule has 1 aliphatic heterocycles. The zero-order valence-electron chi connectivity index (χ0n) is 15.5. The van der Waals surface area contributed by atoms with E-state index >= 15 is 0 Å². The first-order chi connectivity index (χ1) is 14.2. The molecule has 1 aliphatic rings. The third-order valence-corrected chi connectivity index (χ3v) is 5.29. The van der Waals surface area contributed by atoms with Crippen molar-refractivity contribution >= 4 is 39.3 Å². The highest BCUT2D eigenvalue weighted by Crippen LogP contribution is 2.34. The van der Waals surface area contributed by atoms with Crippen molar-refractivity contribution in [3.63, 3.8) is 0 Å². The fraction of sp³-hybridized carbons (Fsp3) is 0.158. The van der Waals surface area contributed by atoms with Crippen LogP contribution < -0.4 is 4.90 Å². The molecule has 3 rings (SSSR count). The summed E-state index contributed by atoms with van der Waals surface area (Å²) >= 11 is 0. The predicted octanol–water partition coefficient (Wildman–Crippen LogP) is 3.66. The van der Waals surface area contributed by atoms with E-state index in [9.17, 15) is 28.6 Å². The molecule has 0 amide bonds. The summed E-state index contributed by atoms with van der Waals surface area (Å²) in [6.45, 7) is 0.230. The zero-order chi connectivity index (χ0) is 21.9. The highest BCUT2D eigenvalue weighted by atomic mass is 32.2. The van der Waals surface area contributed by atoms with Crippen molar-refractivity contribution in [1.29, 1.82) is 0 Å². The van der Waals surface area contributed by atoms with Gasteiger partial charge in [-0.05, 0) is 36.3 Å². The quantitative estimate of drug-likeness (QED) is 0.397. The van der Waals surface area contributed by atoms with E-state index in [1.54, 1.807) is 17.0 Å². The van der Waals surface area contributed by atoms with Crippen LogP contribution >= 0.6 is 0 Å². The molecule has 0 radical (unpaired) electrons. The number of non-ortho nitro benzene ring substituents is 1. The third-order valence-electron chi connectivity index (χ3n) is 4.48. The molecular weight excluding hydrogens is 414 g/mol. The number of hydrogen-bond donors (Lipinski definition) is 1. The summed E-state index contributed by atoms with van der Waals surface area (Å²) in [5.74, 6) is -0.430. The van der Waals surface area contributed by atoms with E-state index in [1.807, 2.05) is 24.3 Å². The first kappa shape index (κ1) is 21.1. The topological polar surface area (TPSA) is 144 Å². The SMILES string of the molecule is O=[N+]([O-])c1ccc(C=C2C=Cc3ccccc3N2CCCS(=O)(=O)O)c([N+](=O)[O-])c1. The molecule has 0 saturated heterocycles. The number of nitro benzene ring substituents is 2. The van der Waals surface area contributed by atoms with Crippen molar-refractivity contribution in [1.82, 2.24) is 0 Å². The van der Waals surface area contributed by atoms with E-state index in [4.69, 9.17) is 4.55 Å². The molecule has 156 valence electrons. The maximum Gasteiger partial charge on any atom is 0.283 e. The Labute approximate surface area is 171 Å². The van der Waals surface area contributed by atoms with Crippen LogP contribution in [0.4, 0.5) is 17.1 Å². The van der Waals surface area contributed by atoms with Crippen LogP contribution in [0.3, 0.4) is 0 Å². The van der Waals surface area contributed by atoms with Gasteiger partial charge in [-0.3, -0.25) is 24.8 Å². The van der Waals surface area contributed by atoms with Crippen molar-refractivity contribution in [2.45, 2.75) is 6.42 Å². The minimum atomic E-state index is -4.13. The molecule has 2 aromatic carbocycles. The number of benzene rings is 2. The Kier molecular flexibility index (Phi) is 5.94. The Balaban J connectivity index is 2.03. The lowest BCUT2D eigenvalue weighted by atomic mass is 10.0. The van der Waals surface area contributed by atoms with Crippen LogP contribution in [0.25, 0.3) is 12.2 Å². The van der Waals surface area contributed by atoms with Gasteiger partial charge in [0.25, 0.3) is 21.5 Å². The van der Waals surface area contributed by atoms with Gasteiger partial charge in [-0.15, -0.1) is 0 Å². The summed E-state index contributed by atoms with van der Waals surface area (Å²) < 4.78 is 31.2. The van der Waals surface area contributed by atoms with Crippen LogP contribution in [0.15, 0.2) is 54.2 Å². The molecule has 0 spiro atoms. The standard InChI is InChI=1S/C19H17N3O7S/c23-21(24)17-9-7-15(19(13-17)22(25)26)12-16-8-6-14-4-1-2-5-18(14)20(16)10-3-11-30(27,28)29/h1-2,4-9,12-13H,3,10-11H2,(H,27,28,29). The summed E-state index contributed by atoms with van der Waals surface area (Å²) in [5, 5.41) is 22.4. The minimum absolute atomic E-state index is 0.126. The number of anilines is 1. The number of hydrogen-bond acceptors (Lipinski definition) is 7. The highest BCUT2D eigenvalue weighted by Gasteiger charge is 2.22.